The zero-order chi connectivity index (χ0) is 18.5. The van der Waals surface area contributed by atoms with Crippen molar-refractivity contribution in [1.29, 1.82) is 0 Å². The van der Waals surface area contributed by atoms with Gasteiger partial charge in [0, 0.05) is 0 Å². The summed E-state index contributed by atoms with van der Waals surface area (Å²) in [6.45, 7) is 4.10. The number of aryl methyl sites for hydroxylation is 1. The first-order valence-corrected chi connectivity index (χ1v) is 8.44. The van der Waals surface area contributed by atoms with E-state index in [0.29, 0.717) is 5.69 Å². The van der Waals surface area contributed by atoms with Gasteiger partial charge in [-0.05, 0) is 48.7 Å². The Bertz CT molecular complexity index is 884. The van der Waals surface area contributed by atoms with E-state index in [1.165, 1.54) is 5.56 Å². The van der Waals surface area contributed by atoms with Crippen LogP contribution in [-0.2, 0) is 17.8 Å². The molecule has 0 saturated heterocycles. The van der Waals surface area contributed by atoms with Crippen LogP contribution in [-0.4, -0.2) is 28.1 Å². The maximum absolute atomic E-state index is 12.3. The number of ether oxygens (including phenoxy) is 2. The molecule has 26 heavy (non-hydrogen) atoms. The van der Waals surface area contributed by atoms with Crippen LogP contribution in [0.5, 0.6) is 5.75 Å². The van der Waals surface area contributed by atoms with Gasteiger partial charge in [0.25, 0.3) is 0 Å². The fraction of sp³-hybridized carbons (Fsp3) is 0.250. The van der Waals surface area contributed by atoms with Gasteiger partial charge >= 0.3 is 5.97 Å². The number of methoxy groups -OCH3 is 1. The van der Waals surface area contributed by atoms with Crippen molar-refractivity contribution < 1.29 is 14.3 Å². The van der Waals surface area contributed by atoms with E-state index in [-0.39, 0.29) is 12.3 Å². The molecule has 3 aromatic rings. The Kier molecular flexibility index (Phi) is 5.31. The number of nitrogens with zero attached hydrogens (tertiary/aromatic N) is 3. The quantitative estimate of drug-likeness (QED) is 0.636. The second-order valence-corrected chi connectivity index (χ2v) is 5.88. The van der Waals surface area contributed by atoms with E-state index in [4.69, 9.17) is 9.47 Å². The van der Waals surface area contributed by atoms with Gasteiger partial charge in [-0.3, -0.25) is 0 Å². The molecule has 0 aliphatic heterocycles. The fourth-order valence-electron chi connectivity index (χ4n) is 2.57. The van der Waals surface area contributed by atoms with E-state index in [9.17, 15) is 4.79 Å². The third-order valence-corrected chi connectivity index (χ3v) is 4.21. The zero-order valence-electron chi connectivity index (χ0n) is 15.1. The van der Waals surface area contributed by atoms with E-state index in [0.717, 1.165) is 23.4 Å². The number of benzene rings is 2. The molecule has 0 aliphatic carbocycles. The summed E-state index contributed by atoms with van der Waals surface area (Å²) in [7, 11) is 1.61. The SMILES string of the molecule is CCc1ccc(COC(=O)c2nnn(-c3ccc(OC)cc3)c2C)cc1. The molecule has 2 aromatic carbocycles. The molecule has 0 saturated carbocycles. The molecule has 1 heterocycles. The summed E-state index contributed by atoms with van der Waals surface area (Å²) in [4.78, 5) is 12.3. The molecule has 0 spiro atoms. The Morgan fingerprint density at radius 3 is 2.31 bits per heavy atom. The Hall–Kier alpha value is -3.15. The summed E-state index contributed by atoms with van der Waals surface area (Å²) < 4.78 is 12.1. The molecule has 0 N–H and O–H groups in total. The maximum Gasteiger partial charge on any atom is 0.361 e. The molecule has 3 rings (SSSR count). The van der Waals surface area contributed by atoms with Crippen molar-refractivity contribution in [2.24, 2.45) is 0 Å². The first-order chi connectivity index (χ1) is 12.6. The summed E-state index contributed by atoms with van der Waals surface area (Å²) in [6, 6.07) is 15.4. The van der Waals surface area contributed by atoms with Crippen LogP contribution in [0.4, 0.5) is 0 Å². The Morgan fingerprint density at radius 1 is 1.04 bits per heavy atom. The molecular weight excluding hydrogens is 330 g/mol. The lowest BCUT2D eigenvalue weighted by atomic mass is 10.1. The number of carbonyl (C=O) groups excluding carboxylic acids is 1. The third-order valence-electron chi connectivity index (χ3n) is 4.21. The Labute approximate surface area is 152 Å². The summed E-state index contributed by atoms with van der Waals surface area (Å²) in [5.74, 6) is 0.266. The highest BCUT2D eigenvalue weighted by Crippen LogP contribution is 2.17. The van der Waals surface area contributed by atoms with E-state index < -0.39 is 5.97 Å². The highest BCUT2D eigenvalue weighted by Gasteiger charge is 2.19. The topological polar surface area (TPSA) is 66.2 Å². The van der Waals surface area contributed by atoms with Crippen LogP contribution >= 0.6 is 0 Å². The van der Waals surface area contributed by atoms with Gasteiger partial charge in [0.15, 0.2) is 5.69 Å². The van der Waals surface area contributed by atoms with Crippen molar-refractivity contribution in [3.63, 3.8) is 0 Å². The number of hydrogen-bond donors (Lipinski definition) is 0. The highest BCUT2D eigenvalue weighted by atomic mass is 16.5. The number of rotatable bonds is 6. The monoisotopic (exact) mass is 351 g/mol. The second-order valence-electron chi connectivity index (χ2n) is 5.88. The van der Waals surface area contributed by atoms with Crippen LogP contribution in [0, 0.1) is 6.92 Å². The van der Waals surface area contributed by atoms with E-state index >= 15 is 0 Å². The van der Waals surface area contributed by atoms with Gasteiger partial charge in [-0.25, -0.2) is 9.48 Å². The number of esters is 1. The largest absolute Gasteiger partial charge is 0.497 e. The first kappa shape index (κ1) is 17.7. The van der Waals surface area contributed by atoms with Crippen molar-refractivity contribution in [2.45, 2.75) is 26.9 Å². The number of hydrogen-bond acceptors (Lipinski definition) is 5. The number of carbonyl (C=O) groups is 1. The third kappa shape index (κ3) is 3.74. The molecule has 1 aromatic heterocycles. The Balaban J connectivity index is 1.70. The lowest BCUT2D eigenvalue weighted by Gasteiger charge is -2.06. The molecular formula is C20H21N3O3. The van der Waals surface area contributed by atoms with Crippen molar-refractivity contribution in [1.82, 2.24) is 15.0 Å². The minimum absolute atomic E-state index is 0.206. The van der Waals surface area contributed by atoms with Gasteiger partial charge in [0.2, 0.25) is 0 Å². The summed E-state index contributed by atoms with van der Waals surface area (Å²) in [6.07, 6.45) is 0.980. The zero-order valence-corrected chi connectivity index (χ0v) is 15.1. The fourth-order valence-corrected chi connectivity index (χ4v) is 2.57. The van der Waals surface area contributed by atoms with Crippen molar-refractivity contribution in [3.8, 4) is 11.4 Å². The second kappa shape index (κ2) is 7.82. The highest BCUT2D eigenvalue weighted by molar-refractivity contribution is 5.88. The summed E-state index contributed by atoms with van der Waals surface area (Å²) in [5, 5.41) is 8.05. The Morgan fingerprint density at radius 2 is 1.69 bits per heavy atom. The number of aromatic nitrogens is 3. The molecule has 6 nitrogen and oxygen atoms in total. The van der Waals surface area contributed by atoms with Crippen LogP contribution in [0.2, 0.25) is 0 Å². The molecule has 0 bridgehead atoms. The molecule has 0 amide bonds. The van der Waals surface area contributed by atoms with Crippen LogP contribution in [0.3, 0.4) is 0 Å². The average molecular weight is 351 g/mol. The molecule has 0 radical (unpaired) electrons. The van der Waals surface area contributed by atoms with Crippen LogP contribution in [0.25, 0.3) is 5.69 Å². The molecule has 6 heteroatoms. The van der Waals surface area contributed by atoms with E-state index in [1.54, 1.807) is 18.7 Å². The van der Waals surface area contributed by atoms with Crippen LogP contribution < -0.4 is 4.74 Å². The van der Waals surface area contributed by atoms with Gasteiger partial charge < -0.3 is 9.47 Å². The van der Waals surface area contributed by atoms with Gasteiger partial charge in [-0.15, -0.1) is 5.10 Å². The minimum Gasteiger partial charge on any atom is -0.497 e. The van der Waals surface area contributed by atoms with Crippen molar-refractivity contribution in [3.05, 3.63) is 71.0 Å². The van der Waals surface area contributed by atoms with Gasteiger partial charge in [0.1, 0.15) is 12.4 Å². The average Bonchev–Trinajstić information content (AvgIpc) is 3.08. The molecule has 0 unspecified atom stereocenters. The standard InChI is InChI=1S/C20H21N3O3/c1-4-15-5-7-16(8-6-15)13-26-20(24)19-14(2)23(22-21-19)17-9-11-18(25-3)12-10-17/h5-12H,4,13H2,1-3H3. The van der Waals surface area contributed by atoms with Crippen molar-refractivity contribution in [2.75, 3.05) is 7.11 Å². The lowest BCUT2D eigenvalue weighted by Crippen LogP contribution is -2.08. The smallest absolute Gasteiger partial charge is 0.361 e. The maximum atomic E-state index is 12.3. The normalized spacial score (nSPS) is 10.6. The molecule has 0 aliphatic rings. The van der Waals surface area contributed by atoms with E-state index in [2.05, 4.69) is 17.2 Å². The van der Waals surface area contributed by atoms with E-state index in [1.807, 2.05) is 48.5 Å². The summed E-state index contributed by atoms with van der Waals surface area (Å²) >= 11 is 0. The van der Waals surface area contributed by atoms with Crippen LogP contribution in [0.15, 0.2) is 48.5 Å². The van der Waals surface area contributed by atoms with Gasteiger partial charge in [0.05, 0.1) is 18.5 Å². The van der Waals surface area contributed by atoms with Crippen LogP contribution in [0.1, 0.15) is 34.2 Å². The van der Waals surface area contributed by atoms with Gasteiger partial charge in [-0.2, -0.15) is 0 Å². The molecule has 134 valence electrons. The minimum atomic E-state index is -0.484. The predicted molar refractivity (Wildman–Crippen MR) is 97.6 cm³/mol. The predicted octanol–water partition coefficient (Wildman–Crippen LogP) is 3.50. The summed E-state index contributed by atoms with van der Waals surface area (Å²) in [5.41, 5.74) is 3.83. The first-order valence-electron chi connectivity index (χ1n) is 8.44. The molecule has 0 atom stereocenters. The van der Waals surface area contributed by atoms with Gasteiger partial charge in [-0.1, -0.05) is 36.4 Å². The lowest BCUT2D eigenvalue weighted by molar-refractivity contribution is 0.0464. The molecule has 0 fully saturated rings. The van der Waals surface area contributed by atoms with Crippen molar-refractivity contribution >= 4 is 5.97 Å².